The highest BCUT2D eigenvalue weighted by Crippen LogP contribution is 2.33. The fourth-order valence-corrected chi connectivity index (χ4v) is 3.42. The molecule has 3 rings (SSSR count). The average Bonchev–Trinajstić information content (AvgIpc) is 2.60. The molecule has 29 heavy (non-hydrogen) atoms. The molecular formula is C19H18BrF3N4O2. The Balaban J connectivity index is 1.74. The Morgan fingerprint density at radius 3 is 2.72 bits per heavy atom. The zero-order chi connectivity index (χ0) is 21.2. The van der Waals surface area contributed by atoms with Crippen LogP contribution in [-0.2, 0) is 27.7 Å². The molecule has 1 amide bonds. The smallest absolute Gasteiger partial charge is 0.386 e. The quantitative estimate of drug-likeness (QED) is 0.713. The van der Waals surface area contributed by atoms with Crippen molar-refractivity contribution in [1.82, 2.24) is 4.98 Å². The van der Waals surface area contributed by atoms with Crippen LogP contribution in [0.3, 0.4) is 0 Å². The van der Waals surface area contributed by atoms with E-state index in [0.717, 1.165) is 16.1 Å². The molecule has 1 unspecified atom stereocenters. The van der Waals surface area contributed by atoms with Gasteiger partial charge in [0.2, 0.25) is 5.91 Å². The van der Waals surface area contributed by atoms with Gasteiger partial charge < -0.3 is 15.8 Å². The van der Waals surface area contributed by atoms with Gasteiger partial charge in [0.05, 0.1) is 18.6 Å². The lowest BCUT2D eigenvalue weighted by Gasteiger charge is -2.30. The summed E-state index contributed by atoms with van der Waals surface area (Å²) in [5.41, 5.74) is 5.77. The third-order valence-electron chi connectivity index (χ3n) is 4.32. The van der Waals surface area contributed by atoms with Crippen molar-refractivity contribution in [1.29, 1.82) is 0 Å². The van der Waals surface area contributed by atoms with E-state index in [-0.39, 0.29) is 18.7 Å². The Kier molecular flexibility index (Phi) is 5.95. The Bertz CT molecular complexity index is 947. The van der Waals surface area contributed by atoms with Crippen LogP contribution in [0.4, 0.5) is 18.9 Å². The van der Waals surface area contributed by atoms with Crippen molar-refractivity contribution in [2.75, 3.05) is 18.5 Å². The fraction of sp³-hybridized carbons (Fsp3) is 0.316. The van der Waals surface area contributed by atoms with Crippen LogP contribution in [0.1, 0.15) is 23.7 Å². The molecule has 1 aromatic heterocycles. The molecule has 154 valence electrons. The maximum absolute atomic E-state index is 12.6. The number of amidine groups is 1. The molecule has 2 heterocycles. The second-order valence-corrected chi connectivity index (χ2v) is 7.77. The lowest BCUT2D eigenvalue weighted by Crippen LogP contribution is -2.37. The van der Waals surface area contributed by atoms with Gasteiger partial charge in [-0.3, -0.25) is 14.8 Å². The number of aromatic nitrogens is 1. The molecule has 0 fully saturated rings. The summed E-state index contributed by atoms with van der Waals surface area (Å²) < 4.78 is 44.0. The Labute approximate surface area is 173 Å². The Hall–Kier alpha value is -2.46. The molecule has 1 aliphatic rings. The molecule has 0 aliphatic carbocycles. The summed E-state index contributed by atoms with van der Waals surface area (Å²) in [7, 11) is 0. The van der Waals surface area contributed by atoms with E-state index in [4.69, 9.17) is 10.5 Å². The first-order valence-corrected chi connectivity index (χ1v) is 9.39. The molecule has 0 radical (unpaired) electrons. The third kappa shape index (κ3) is 5.33. The highest BCUT2D eigenvalue weighted by molar-refractivity contribution is 9.10. The van der Waals surface area contributed by atoms with E-state index >= 15 is 0 Å². The van der Waals surface area contributed by atoms with Crippen molar-refractivity contribution in [3.05, 3.63) is 57.8 Å². The first-order valence-electron chi connectivity index (χ1n) is 8.60. The predicted octanol–water partition coefficient (Wildman–Crippen LogP) is 3.65. The number of aliphatic imine (C=N–C) groups is 1. The number of carbonyl (C=O) groups is 1. The van der Waals surface area contributed by atoms with Crippen LogP contribution >= 0.6 is 15.9 Å². The van der Waals surface area contributed by atoms with Gasteiger partial charge in [0.15, 0.2) is 0 Å². The second-order valence-electron chi connectivity index (χ2n) is 6.86. The van der Waals surface area contributed by atoms with Crippen LogP contribution < -0.4 is 11.1 Å². The molecule has 0 spiro atoms. The second kappa shape index (κ2) is 8.11. The van der Waals surface area contributed by atoms with Gasteiger partial charge in [-0.2, -0.15) is 13.2 Å². The van der Waals surface area contributed by atoms with Gasteiger partial charge in [-0.1, -0.05) is 15.9 Å². The van der Waals surface area contributed by atoms with E-state index in [1.54, 1.807) is 12.1 Å². The monoisotopic (exact) mass is 470 g/mol. The fourth-order valence-electron chi connectivity index (χ4n) is 2.92. The molecule has 0 bridgehead atoms. The number of pyridine rings is 1. The average molecular weight is 471 g/mol. The predicted molar refractivity (Wildman–Crippen MR) is 106 cm³/mol. The number of nitrogens with two attached hydrogens (primary N) is 1. The topological polar surface area (TPSA) is 89.6 Å². The lowest BCUT2D eigenvalue weighted by atomic mass is 9.92. The molecule has 0 saturated carbocycles. The maximum Gasteiger partial charge on any atom is 0.417 e. The Morgan fingerprint density at radius 2 is 2.10 bits per heavy atom. The number of alkyl halides is 3. The van der Waals surface area contributed by atoms with Gasteiger partial charge in [0.25, 0.3) is 0 Å². The molecular weight excluding hydrogens is 453 g/mol. The number of nitrogens with zero attached hydrogens (tertiary/aromatic N) is 2. The number of hydrogen-bond acceptors (Lipinski definition) is 5. The van der Waals surface area contributed by atoms with Crippen LogP contribution in [0.5, 0.6) is 0 Å². The molecule has 0 saturated heterocycles. The van der Waals surface area contributed by atoms with Gasteiger partial charge >= 0.3 is 6.18 Å². The van der Waals surface area contributed by atoms with E-state index in [2.05, 4.69) is 31.2 Å². The van der Waals surface area contributed by atoms with Crippen LogP contribution in [0.2, 0.25) is 0 Å². The number of anilines is 1. The highest BCUT2D eigenvalue weighted by atomic mass is 79.9. The third-order valence-corrected chi connectivity index (χ3v) is 4.78. The molecule has 1 aliphatic heterocycles. The van der Waals surface area contributed by atoms with Crippen molar-refractivity contribution < 1.29 is 22.7 Å². The zero-order valence-corrected chi connectivity index (χ0v) is 17.0. The van der Waals surface area contributed by atoms with Crippen LogP contribution in [0, 0.1) is 0 Å². The van der Waals surface area contributed by atoms with Crippen molar-refractivity contribution in [3.63, 3.8) is 0 Å². The summed E-state index contributed by atoms with van der Waals surface area (Å²) in [5, 5.41) is 2.73. The highest BCUT2D eigenvalue weighted by Gasteiger charge is 2.31. The van der Waals surface area contributed by atoms with E-state index in [1.165, 1.54) is 6.07 Å². The van der Waals surface area contributed by atoms with Crippen LogP contribution in [0.15, 0.2) is 46.0 Å². The van der Waals surface area contributed by atoms with Crippen molar-refractivity contribution in [3.8, 4) is 0 Å². The van der Waals surface area contributed by atoms with Crippen molar-refractivity contribution in [2.45, 2.75) is 25.1 Å². The summed E-state index contributed by atoms with van der Waals surface area (Å²) in [4.78, 5) is 20.5. The number of halogens is 4. The molecule has 1 atom stereocenters. The minimum atomic E-state index is -4.47. The summed E-state index contributed by atoms with van der Waals surface area (Å²) >= 11 is 3.41. The SMILES string of the molecule is CC1(c2cc(Br)cc(NC(=O)Cc3ccc(C(F)(F)F)cn3)c2)COCC(N)=N1. The summed E-state index contributed by atoms with van der Waals surface area (Å²) in [5.74, 6) is -0.0212. The van der Waals surface area contributed by atoms with Crippen LogP contribution in [0.25, 0.3) is 0 Å². The molecule has 1 aromatic carbocycles. The molecule has 6 nitrogen and oxygen atoms in total. The first kappa shape index (κ1) is 21.3. The summed E-state index contributed by atoms with van der Waals surface area (Å²) in [6, 6.07) is 7.42. The lowest BCUT2D eigenvalue weighted by molar-refractivity contribution is -0.137. The molecule has 10 heteroatoms. The van der Waals surface area contributed by atoms with Gasteiger partial charge in [-0.25, -0.2) is 0 Å². The van der Waals surface area contributed by atoms with E-state index in [1.807, 2.05) is 13.0 Å². The van der Waals surface area contributed by atoms with Gasteiger partial charge in [0.1, 0.15) is 18.0 Å². The number of ether oxygens (including phenoxy) is 1. The maximum atomic E-state index is 12.6. The number of nitrogens with one attached hydrogen (secondary N) is 1. The van der Waals surface area contributed by atoms with Gasteiger partial charge in [-0.05, 0) is 42.8 Å². The van der Waals surface area contributed by atoms with Crippen LogP contribution in [-0.4, -0.2) is 29.9 Å². The normalized spacial score (nSPS) is 19.6. The number of hydrogen-bond donors (Lipinski definition) is 2. The van der Waals surface area contributed by atoms with Crippen molar-refractivity contribution >= 4 is 33.4 Å². The molecule has 2 aromatic rings. The van der Waals surface area contributed by atoms with E-state index < -0.39 is 23.2 Å². The van der Waals surface area contributed by atoms with Gasteiger partial charge in [0, 0.05) is 22.1 Å². The van der Waals surface area contributed by atoms with E-state index in [9.17, 15) is 18.0 Å². The zero-order valence-electron chi connectivity index (χ0n) is 15.4. The minimum absolute atomic E-state index is 0.161. The van der Waals surface area contributed by atoms with E-state index in [0.29, 0.717) is 24.3 Å². The molecule has 3 N–H and O–H groups in total. The first-order chi connectivity index (χ1) is 13.5. The standard InChI is InChI=1S/C19H18BrF3N4O2/c1-18(10-29-9-16(24)27-18)12-4-13(20)6-15(5-12)26-17(28)7-14-3-2-11(8-25-14)19(21,22)23/h2-6,8H,7,9-10H2,1H3,(H2,24,27)(H,26,28). The number of carbonyl (C=O) groups excluding carboxylic acids is 1. The Morgan fingerprint density at radius 1 is 1.34 bits per heavy atom. The number of benzene rings is 1. The number of rotatable bonds is 4. The minimum Gasteiger partial charge on any atom is -0.386 e. The van der Waals surface area contributed by atoms with Gasteiger partial charge in [-0.15, -0.1) is 0 Å². The number of amides is 1. The summed E-state index contributed by atoms with van der Waals surface area (Å²) in [6.07, 6.45) is -3.91. The van der Waals surface area contributed by atoms with Crippen molar-refractivity contribution in [2.24, 2.45) is 10.7 Å². The summed E-state index contributed by atoms with van der Waals surface area (Å²) in [6.45, 7) is 2.48. The largest absolute Gasteiger partial charge is 0.417 e.